The second-order valence-corrected chi connectivity index (χ2v) is 6.88. The Bertz CT molecular complexity index is 856. The molecule has 0 aliphatic carbocycles. The van der Waals surface area contributed by atoms with E-state index in [1.807, 2.05) is 6.20 Å². The Morgan fingerprint density at radius 1 is 1.24 bits per heavy atom. The molecule has 0 radical (unpaired) electrons. The zero-order chi connectivity index (χ0) is 17.2. The van der Waals surface area contributed by atoms with Gasteiger partial charge in [0.15, 0.2) is 0 Å². The first-order valence-electron chi connectivity index (χ1n) is 8.85. The zero-order valence-corrected chi connectivity index (χ0v) is 14.5. The highest BCUT2D eigenvalue weighted by Crippen LogP contribution is 2.19. The minimum atomic E-state index is -0.196. The summed E-state index contributed by atoms with van der Waals surface area (Å²) in [6.07, 6.45) is 6.47. The number of benzene rings is 1. The van der Waals surface area contributed by atoms with Crippen molar-refractivity contribution >= 4 is 11.3 Å². The van der Waals surface area contributed by atoms with Crippen molar-refractivity contribution in [3.8, 4) is 0 Å². The van der Waals surface area contributed by atoms with E-state index >= 15 is 0 Å². The molecule has 2 aromatic heterocycles. The van der Waals surface area contributed by atoms with E-state index in [0.29, 0.717) is 6.04 Å². The van der Waals surface area contributed by atoms with Crippen LogP contribution in [-0.2, 0) is 6.54 Å². The van der Waals surface area contributed by atoms with Crippen LogP contribution in [0, 0.1) is 12.7 Å². The molecule has 1 aromatic carbocycles. The number of halogens is 1. The van der Waals surface area contributed by atoms with Crippen molar-refractivity contribution in [2.45, 2.75) is 32.4 Å². The fourth-order valence-corrected chi connectivity index (χ4v) is 3.61. The number of aryl methyl sites for hydroxylation is 1. The molecule has 4 nitrogen and oxygen atoms in total. The van der Waals surface area contributed by atoms with E-state index < -0.39 is 0 Å². The molecule has 1 aliphatic rings. The molecule has 130 valence electrons. The standard InChI is InChI=1S/C20H23FN4/c1-15-4-2-11-25-14-19(23-20(15)25)13-24-10-3-5-18(12-24)22-17-8-6-16(21)7-9-17/h2,4,6-9,11,14,18,22H,3,5,10,12-13H2,1H3. The van der Waals surface area contributed by atoms with Crippen LogP contribution >= 0.6 is 0 Å². The smallest absolute Gasteiger partial charge is 0.139 e. The molecule has 4 rings (SSSR count). The Hall–Kier alpha value is -2.40. The predicted octanol–water partition coefficient (Wildman–Crippen LogP) is 3.86. The van der Waals surface area contributed by atoms with Crippen molar-refractivity contribution < 1.29 is 4.39 Å². The number of aromatic nitrogens is 2. The van der Waals surface area contributed by atoms with Gasteiger partial charge >= 0.3 is 0 Å². The first-order valence-corrected chi connectivity index (χ1v) is 8.85. The Kier molecular flexibility index (Phi) is 4.40. The van der Waals surface area contributed by atoms with Gasteiger partial charge in [-0.25, -0.2) is 9.37 Å². The molecule has 3 aromatic rings. The molecule has 0 amide bonds. The lowest BCUT2D eigenvalue weighted by atomic mass is 10.1. The number of nitrogens with zero attached hydrogens (tertiary/aromatic N) is 3. The first-order chi connectivity index (χ1) is 12.2. The average Bonchev–Trinajstić information content (AvgIpc) is 3.01. The van der Waals surface area contributed by atoms with E-state index in [1.165, 1.54) is 17.7 Å². The summed E-state index contributed by atoms with van der Waals surface area (Å²) in [7, 11) is 0. The summed E-state index contributed by atoms with van der Waals surface area (Å²) < 4.78 is 15.1. The Balaban J connectivity index is 1.42. The maximum absolute atomic E-state index is 13.0. The van der Waals surface area contributed by atoms with Crippen molar-refractivity contribution in [1.29, 1.82) is 0 Å². The van der Waals surface area contributed by atoms with E-state index in [9.17, 15) is 4.39 Å². The molecule has 1 N–H and O–H groups in total. The summed E-state index contributed by atoms with van der Waals surface area (Å²) in [4.78, 5) is 7.23. The third-order valence-electron chi connectivity index (χ3n) is 4.83. The van der Waals surface area contributed by atoms with E-state index in [1.54, 1.807) is 12.1 Å². The summed E-state index contributed by atoms with van der Waals surface area (Å²) in [6.45, 7) is 5.02. The minimum absolute atomic E-state index is 0.196. The van der Waals surface area contributed by atoms with Gasteiger partial charge in [0.2, 0.25) is 0 Å². The quantitative estimate of drug-likeness (QED) is 0.784. The van der Waals surface area contributed by atoms with E-state index in [-0.39, 0.29) is 5.82 Å². The number of nitrogens with one attached hydrogen (secondary N) is 1. The number of pyridine rings is 1. The maximum Gasteiger partial charge on any atom is 0.139 e. The largest absolute Gasteiger partial charge is 0.381 e. The van der Waals surface area contributed by atoms with Crippen molar-refractivity contribution in [3.05, 3.63) is 65.9 Å². The van der Waals surface area contributed by atoms with Gasteiger partial charge in [-0.1, -0.05) is 6.07 Å². The topological polar surface area (TPSA) is 32.6 Å². The van der Waals surface area contributed by atoms with Crippen LogP contribution in [0.3, 0.4) is 0 Å². The van der Waals surface area contributed by atoms with Crippen LogP contribution in [0.2, 0.25) is 0 Å². The van der Waals surface area contributed by atoms with Crippen molar-refractivity contribution in [3.63, 3.8) is 0 Å². The zero-order valence-electron chi connectivity index (χ0n) is 14.5. The second-order valence-electron chi connectivity index (χ2n) is 6.88. The highest BCUT2D eigenvalue weighted by atomic mass is 19.1. The Labute approximate surface area is 147 Å². The molecule has 1 atom stereocenters. The Morgan fingerprint density at radius 3 is 2.88 bits per heavy atom. The van der Waals surface area contributed by atoms with Crippen LogP contribution in [0.25, 0.3) is 5.65 Å². The van der Waals surface area contributed by atoms with Gasteiger partial charge in [-0.2, -0.15) is 0 Å². The van der Waals surface area contributed by atoms with Crippen molar-refractivity contribution in [1.82, 2.24) is 14.3 Å². The van der Waals surface area contributed by atoms with Gasteiger partial charge < -0.3 is 9.72 Å². The number of likely N-dealkylation sites (tertiary alicyclic amines) is 1. The van der Waals surface area contributed by atoms with Crippen LogP contribution in [0.5, 0.6) is 0 Å². The van der Waals surface area contributed by atoms with Crippen LogP contribution in [0.4, 0.5) is 10.1 Å². The van der Waals surface area contributed by atoms with Gasteiger partial charge in [0.1, 0.15) is 11.5 Å². The highest BCUT2D eigenvalue weighted by Gasteiger charge is 2.20. The lowest BCUT2D eigenvalue weighted by molar-refractivity contribution is 0.206. The fraction of sp³-hybridized carbons (Fsp3) is 0.350. The summed E-state index contributed by atoms with van der Waals surface area (Å²) in [5.74, 6) is -0.196. The number of hydrogen-bond donors (Lipinski definition) is 1. The molecule has 0 spiro atoms. The number of piperidine rings is 1. The van der Waals surface area contributed by atoms with Gasteiger partial charge in [-0.3, -0.25) is 4.90 Å². The molecule has 0 bridgehead atoms. The number of hydrogen-bond acceptors (Lipinski definition) is 3. The lowest BCUT2D eigenvalue weighted by Gasteiger charge is -2.33. The van der Waals surface area contributed by atoms with Gasteiger partial charge in [0.25, 0.3) is 0 Å². The van der Waals surface area contributed by atoms with Crippen LogP contribution in [-0.4, -0.2) is 33.4 Å². The average molecular weight is 338 g/mol. The number of anilines is 1. The second kappa shape index (κ2) is 6.84. The molecule has 5 heteroatoms. The molecule has 3 heterocycles. The van der Waals surface area contributed by atoms with Gasteiger partial charge in [-0.05, 0) is 62.2 Å². The van der Waals surface area contributed by atoms with E-state index in [2.05, 4.69) is 39.9 Å². The molecular weight excluding hydrogens is 315 g/mol. The van der Waals surface area contributed by atoms with E-state index in [4.69, 9.17) is 4.98 Å². The van der Waals surface area contributed by atoms with Crippen molar-refractivity contribution in [2.75, 3.05) is 18.4 Å². The SMILES string of the molecule is Cc1cccn2cc(CN3CCCC(Nc4ccc(F)cc4)C3)nc12. The summed E-state index contributed by atoms with van der Waals surface area (Å²) >= 11 is 0. The summed E-state index contributed by atoms with van der Waals surface area (Å²) in [5.41, 5.74) is 4.33. The predicted molar refractivity (Wildman–Crippen MR) is 98.3 cm³/mol. The summed E-state index contributed by atoms with van der Waals surface area (Å²) in [5, 5.41) is 3.53. The van der Waals surface area contributed by atoms with Gasteiger partial charge in [-0.15, -0.1) is 0 Å². The van der Waals surface area contributed by atoms with Gasteiger partial charge in [0.05, 0.1) is 5.69 Å². The van der Waals surface area contributed by atoms with E-state index in [0.717, 1.165) is 49.5 Å². The monoisotopic (exact) mass is 338 g/mol. The molecular formula is C20H23FN4. The van der Waals surface area contributed by atoms with Gasteiger partial charge in [0, 0.05) is 37.2 Å². The molecule has 25 heavy (non-hydrogen) atoms. The fourth-order valence-electron chi connectivity index (χ4n) is 3.61. The number of fused-ring (bicyclic) bond motifs is 1. The molecule has 1 fully saturated rings. The van der Waals surface area contributed by atoms with Crippen LogP contribution in [0.15, 0.2) is 48.8 Å². The number of rotatable bonds is 4. The molecule has 1 unspecified atom stereocenters. The molecule has 0 saturated carbocycles. The van der Waals surface area contributed by atoms with Crippen molar-refractivity contribution in [2.24, 2.45) is 0 Å². The normalized spacial score (nSPS) is 18.6. The third-order valence-corrected chi connectivity index (χ3v) is 4.83. The minimum Gasteiger partial charge on any atom is -0.381 e. The summed E-state index contributed by atoms with van der Waals surface area (Å²) in [6, 6.07) is 11.1. The highest BCUT2D eigenvalue weighted by molar-refractivity contribution is 5.48. The lowest BCUT2D eigenvalue weighted by Crippen LogP contribution is -2.41. The van der Waals surface area contributed by atoms with Crippen LogP contribution in [0.1, 0.15) is 24.1 Å². The Morgan fingerprint density at radius 2 is 2.08 bits per heavy atom. The molecule has 1 saturated heterocycles. The third kappa shape index (κ3) is 3.66. The molecule has 1 aliphatic heterocycles. The van der Waals surface area contributed by atoms with Crippen LogP contribution < -0.4 is 5.32 Å². The number of imidazole rings is 1. The first kappa shape index (κ1) is 16.1. The maximum atomic E-state index is 13.0.